The predicted octanol–water partition coefficient (Wildman–Crippen LogP) is 6.76. The van der Waals surface area contributed by atoms with Crippen molar-refractivity contribution in [3.05, 3.63) is 65.0 Å². The van der Waals surface area contributed by atoms with Crippen LogP contribution in [-0.4, -0.2) is 17.1 Å². The third kappa shape index (κ3) is 4.42. The van der Waals surface area contributed by atoms with Gasteiger partial charge in [-0.1, -0.05) is 61.3 Å². The molecule has 0 saturated heterocycles. The van der Waals surface area contributed by atoms with Gasteiger partial charge in [-0.2, -0.15) is 13.2 Å². The van der Waals surface area contributed by atoms with Gasteiger partial charge in [0.2, 0.25) is 5.88 Å². The first-order valence-electron chi connectivity index (χ1n) is 8.96. The normalized spacial score (nSPS) is 20.8. The van der Waals surface area contributed by atoms with Crippen molar-refractivity contribution in [3.8, 4) is 11.6 Å². The van der Waals surface area contributed by atoms with Crippen molar-refractivity contribution in [1.29, 1.82) is 0 Å². The van der Waals surface area contributed by atoms with E-state index in [1.807, 2.05) is 0 Å². The summed E-state index contributed by atoms with van der Waals surface area (Å²) in [4.78, 5) is 16.8. The van der Waals surface area contributed by atoms with Crippen LogP contribution in [0.2, 0.25) is 0 Å². The van der Waals surface area contributed by atoms with Crippen LogP contribution in [-0.2, 0) is 9.53 Å². The highest BCUT2D eigenvalue weighted by Crippen LogP contribution is 2.73. The molecule has 4 nitrogen and oxygen atoms in total. The molecule has 160 valence electrons. The molecule has 0 aliphatic heterocycles. The fraction of sp³-hybridized carbons (Fsp3) is 0.333. The molecule has 1 heterocycles. The highest BCUT2D eigenvalue weighted by atomic mass is 35.5. The second kappa shape index (κ2) is 8.12. The molecule has 1 aromatic carbocycles. The van der Waals surface area contributed by atoms with Crippen LogP contribution in [0.25, 0.3) is 0 Å². The zero-order valence-electron chi connectivity index (χ0n) is 16.0. The lowest BCUT2D eigenvalue weighted by Gasteiger charge is -2.30. The minimum absolute atomic E-state index is 0.0152. The largest absolute Gasteiger partial charge is 0.439 e. The van der Waals surface area contributed by atoms with E-state index >= 15 is 0 Å². The zero-order valence-corrected chi connectivity index (χ0v) is 17.6. The van der Waals surface area contributed by atoms with Gasteiger partial charge in [0, 0.05) is 6.07 Å². The van der Waals surface area contributed by atoms with E-state index in [0.717, 1.165) is 6.26 Å². The number of hydrogen-bond acceptors (Lipinski definition) is 4. The minimum atomic E-state index is -4.76. The van der Waals surface area contributed by atoms with Gasteiger partial charge in [-0.15, -0.1) is 0 Å². The van der Waals surface area contributed by atoms with Gasteiger partial charge in [0.1, 0.15) is 22.4 Å². The Morgan fingerprint density at radius 2 is 1.77 bits per heavy atom. The maximum Gasteiger partial charge on any atom is 0.398 e. The molecule has 1 saturated carbocycles. The summed E-state index contributed by atoms with van der Waals surface area (Å²) in [5.41, 5.74) is -3.18. The van der Waals surface area contributed by atoms with E-state index in [0.29, 0.717) is 5.75 Å². The van der Waals surface area contributed by atoms with Gasteiger partial charge in [-0.3, -0.25) is 4.79 Å². The number of esters is 1. The van der Waals surface area contributed by atoms with Gasteiger partial charge in [0.25, 0.3) is 0 Å². The number of para-hydroxylation sites is 1. The van der Waals surface area contributed by atoms with E-state index < -0.39 is 28.9 Å². The number of halogens is 5. The lowest BCUT2D eigenvalue weighted by Crippen LogP contribution is -2.38. The molecular formula is C21H18Cl2F3NO3. The number of alkyl halides is 3. The molecule has 1 aromatic heterocycles. The van der Waals surface area contributed by atoms with Crippen molar-refractivity contribution in [2.24, 2.45) is 10.8 Å². The standard InChI is InChI=1S/C21H18Cl2F3NO3/c1-19(2)12-20(19,18(28)29-11-15(22)23)17(21(24,25)26)14-9-6-10-16(27-14)30-13-7-4-3-5-8-13/h3-11,17H,12H2,1-2H3. The number of carbonyl (C=O) groups excluding carboxylic acids is 1. The third-order valence-electron chi connectivity index (χ3n) is 5.25. The van der Waals surface area contributed by atoms with E-state index in [4.69, 9.17) is 32.7 Å². The number of benzene rings is 1. The van der Waals surface area contributed by atoms with Gasteiger partial charge in [0.15, 0.2) is 0 Å². The first kappa shape index (κ1) is 22.4. The van der Waals surface area contributed by atoms with E-state index in [1.54, 1.807) is 44.2 Å². The molecular weight excluding hydrogens is 442 g/mol. The molecule has 1 fully saturated rings. The summed E-state index contributed by atoms with van der Waals surface area (Å²) in [6.45, 7) is 3.15. The SMILES string of the molecule is CC1(C)CC1(C(=O)OC=C(Cl)Cl)C(c1cccc(Oc2ccccc2)n1)C(F)(F)F. The van der Waals surface area contributed by atoms with E-state index in [-0.39, 0.29) is 22.5 Å². The molecule has 0 N–H and O–H groups in total. The molecule has 2 unspecified atom stereocenters. The maximum atomic E-state index is 14.2. The Balaban J connectivity index is 2.01. The van der Waals surface area contributed by atoms with Crippen molar-refractivity contribution in [3.63, 3.8) is 0 Å². The molecule has 2 atom stereocenters. The third-order valence-corrected chi connectivity index (χ3v) is 5.43. The number of pyridine rings is 1. The van der Waals surface area contributed by atoms with Crippen LogP contribution in [0.5, 0.6) is 11.6 Å². The highest BCUT2D eigenvalue weighted by molar-refractivity contribution is 6.55. The Morgan fingerprint density at radius 1 is 1.13 bits per heavy atom. The van der Waals surface area contributed by atoms with Gasteiger partial charge < -0.3 is 9.47 Å². The fourth-order valence-corrected chi connectivity index (χ4v) is 3.86. The van der Waals surface area contributed by atoms with Crippen LogP contribution in [0.4, 0.5) is 13.2 Å². The number of carbonyl (C=O) groups is 1. The van der Waals surface area contributed by atoms with Crippen molar-refractivity contribution >= 4 is 29.2 Å². The number of nitrogens with zero attached hydrogens (tertiary/aromatic N) is 1. The summed E-state index contributed by atoms with van der Waals surface area (Å²) >= 11 is 10.9. The van der Waals surface area contributed by atoms with Crippen molar-refractivity contribution in [2.45, 2.75) is 32.4 Å². The van der Waals surface area contributed by atoms with Crippen LogP contribution in [0.3, 0.4) is 0 Å². The lowest BCUT2D eigenvalue weighted by atomic mass is 9.79. The van der Waals surface area contributed by atoms with Crippen molar-refractivity contribution in [2.75, 3.05) is 0 Å². The second-order valence-corrected chi connectivity index (χ2v) is 8.64. The Bertz CT molecular complexity index is 959. The minimum Gasteiger partial charge on any atom is -0.439 e. The van der Waals surface area contributed by atoms with Gasteiger partial charge in [-0.25, -0.2) is 4.98 Å². The zero-order chi connectivity index (χ0) is 22.2. The van der Waals surface area contributed by atoms with E-state index in [9.17, 15) is 18.0 Å². The molecule has 3 rings (SSSR count). The summed E-state index contributed by atoms with van der Waals surface area (Å²) in [6.07, 6.45) is -4.08. The Labute approximate surface area is 181 Å². The number of aromatic nitrogens is 1. The monoisotopic (exact) mass is 459 g/mol. The Hall–Kier alpha value is -2.25. The van der Waals surface area contributed by atoms with Crippen LogP contribution >= 0.6 is 23.2 Å². The number of rotatable bonds is 6. The maximum absolute atomic E-state index is 14.2. The lowest BCUT2D eigenvalue weighted by molar-refractivity contribution is -0.184. The number of hydrogen-bond donors (Lipinski definition) is 0. The molecule has 2 aromatic rings. The first-order chi connectivity index (χ1) is 14.0. The smallest absolute Gasteiger partial charge is 0.398 e. The van der Waals surface area contributed by atoms with Crippen molar-refractivity contribution in [1.82, 2.24) is 4.98 Å². The summed E-state index contributed by atoms with van der Waals surface area (Å²) in [5.74, 6) is -2.86. The molecule has 0 radical (unpaired) electrons. The van der Waals surface area contributed by atoms with Crippen LogP contribution in [0.1, 0.15) is 31.9 Å². The van der Waals surface area contributed by atoms with Gasteiger partial charge in [-0.05, 0) is 30.0 Å². The average Bonchev–Trinajstić information content (AvgIpc) is 3.22. The Morgan fingerprint density at radius 3 is 2.30 bits per heavy atom. The van der Waals surface area contributed by atoms with Crippen LogP contribution < -0.4 is 4.74 Å². The molecule has 0 bridgehead atoms. The average molecular weight is 460 g/mol. The van der Waals surface area contributed by atoms with E-state index in [1.165, 1.54) is 18.2 Å². The molecule has 0 spiro atoms. The van der Waals surface area contributed by atoms with Gasteiger partial charge in [0.05, 0.1) is 11.1 Å². The van der Waals surface area contributed by atoms with Gasteiger partial charge >= 0.3 is 12.1 Å². The van der Waals surface area contributed by atoms with Crippen molar-refractivity contribution < 1.29 is 27.4 Å². The molecule has 1 aliphatic carbocycles. The molecule has 1 aliphatic rings. The summed E-state index contributed by atoms with van der Waals surface area (Å²) in [7, 11) is 0. The molecule has 30 heavy (non-hydrogen) atoms. The Kier molecular flexibility index (Phi) is 6.07. The second-order valence-electron chi connectivity index (χ2n) is 7.64. The summed E-state index contributed by atoms with van der Waals surface area (Å²) in [6, 6.07) is 12.6. The van der Waals surface area contributed by atoms with Crippen LogP contribution in [0.15, 0.2) is 59.3 Å². The molecule has 9 heteroatoms. The number of ether oxygens (including phenoxy) is 2. The van der Waals surface area contributed by atoms with Crippen LogP contribution in [0, 0.1) is 10.8 Å². The summed E-state index contributed by atoms with van der Waals surface area (Å²) in [5, 5.41) is 0. The summed E-state index contributed by atoms with van der Waals surface area (Å²) < 4.78 is 52.8. The van der Waals surface area contributed by atoms with E-state index in [2.05, 4.69) is 4.98 Å². The topological polar surface area (TPSA) is 48.4 Å². The fourth-order valence-electron chi connectivity index (χ4n) is 3.77. The molecule has 0 amide bonds. The quantitative estimate of drug-likeness (QED) is 0.353. The highest BCUT2D eigenvalue weighted by Gasteiger charge is 2.76. The predicted molar refractivity (Wildman–Crippen MR) is 106 cm³/mol. The first-order valence-corrected chi connectivity index (χ1v) is 9.72.